The van der Waals surface area contributed by atoms with E-state index in [9.17, 15) is 0 Å². The van der Waals surface area contributed by atoms with Gasteiger partial charge in [-0.1, -0.05) is 18.9 Å². The first-order valence-corrected chi connectivity index (χ1v) is 11.4. The van der Waals surface area contributed by atoms with Gasteiger partial charge in [0.1, 0.15) is 11.4 Å². The van der Waals surface area contributed by atoms with Crippen molar-refractivity contribution in [3.63, 3.8) is 0 Å². The van der Waals surface area contributed by atoms with E-state index in [-0.39, 0.29) is 6.04 Å². The summed E-state index contributed by atoms with van der Waals surface area (Å²) in [5.41, 5.74) is 17.5. The molecule has 0 amide bonds. The average molecular weight is 444 g/mol. The van der Waals surface area contributed by atoms with Crippen LogP contribution in [0.25, 0.3) is 28.0 Å². The molecule has 8 nitrogen and oxygen atoms in total. The summed E-state index contributed by atoms with van der Waals surface area (Å²) in [4.78, 5) is 9.36. The van der Waals surface area contributed by atoms with Gasteiger partial charge < -0.3 is 21.5 Å². The molecule has 3 aromatic heterocycles. The van der Waals surface area contributed by atoms with Crippen LogP contribution in [0, 0.1) is 0 Å². The third-order valence-corrected chi connectivity index (χ3v) is 6.28. The van der Waals surface area contributed by atoms with E-state index in [0.717, 1.165) is 52.3 Å². The number of fused-ring (bicyclic) bond motifs is 1. The number of benzene rings is 1. The van der Waals surface area contributed by atoms with Gasteiger partial charge in [-0.25, -0.2) is 14.5 Å². The van der Waals surface area contributed by atoms with Crippen LogP contribution in [0.2, 0.25) is 0 Å². The Bertz CT molecular complexity index is 1250. The number of ether oxygens (including phenoxy) is 1. The minimum Gasteiger partial charge on any atom is -0.497 e. The van der Waals surface area contributed by atoms with Gasteiger partial charge in [0.15, 0.2) is 0 Å². The monoisotopic (exact) mass is 443 g/mol. The van der Waals surface area contributed by atoms with Crippen LogP contribution >= 0.6 is 0 Å². The molecule has 1 aliphatic rings. The molecular formula is C25H29N7O. The van der Waals surface area contributed by atoms with Crippen LogP contribution in [0.4, 0.5) is 5.95 Å². The molecular weight excluding hydrogens is 414 g/mol. The summed E-state index contributed by atoms with van der Waals surface area (Å²) in [7, 11) is 1.66. The molecule has 3 heterocycles. The molecule has 170 valence electrons. The average Bonchev–Trinajstić information content (AvgIpc) is 3.51. The van der Waals surface area contributed by atoms with Gasteiger partial charge in [-0.05, 0) is 55.3 Å². The van der Waals surface area contributed by atoms with Gasteiger partial charge in [0.2, 0.25) is 5.95 Å². The number of methoxy groups -OCH3 is 1. The maximum atomic E-state index is 6.31. The number of hydrogen-bond acceptors (Lipinski definition) is 7. The maximum absolute atomic E-state index is 6.31. The number of aromatic nitrogens is 4. The number of hydrogen-bond donors (Lipinski definition) is 3. The van der Waals surface area contributed by atoms with Crippen LogP contribution in [0.15, 0.2) is 54.7 Å². The highest BCUT2D eigenvalue weighted by molar-refractivity contribution is 5.91. The highest BCUT2D eigenvalue weighted by Crippen LogP contribution is 2.36. The SMILES string of the molecule is COc1ccc(-c2nn3c(C(N)CN)cccc3c2-c2ccnc(NC3CCCC3)n2)cc1. The van der Waals surface area contributed by atoms with Crippen molar-refractivity contribution in [3.05, 3.63) is 60.4 Å². The summed E-state index contributed by atoms with van der Waals surface area (Å²) in [6.45, 7) is 0.329. The fraction of sp³-hybridized carbons (Fsp3) is 0.320. The summed E-state index contributed by atoms with van der Waals surface area (Å²) in [6.07, 6.45) is 6.61. The van der Waals surface area contributed by atoms with Crippen molar-refractivity contribution < 1.29 is 4.74 Å². The van der Waals surface area contributed by atoms with Crippen molar-refractivity contribution in [2.45, 2.75) is 37.8 Å². The molecule has 0 saturated heterocycles. The third kappa shape index (κ3) is 4.15. The molecule has 0 bridgehead atoms. The van der Waals surface area contributed by atoms with Gasteiger partial charge in [0, 0.05) is 24.3 Å². The van der Waals surface area contributed by atoms with Crippen molar-refractivity contribution in [2.75, 3.05) is 19.0 Å². The zero-order chi connectivity index (χ0) is 22.8. The number of nitrogens with one attached hydrogen (secondary N) is 1. The molecule has 1 aliphatic carbocycles. The second kappa shape index (κ2) is 9.17. The standard InChI is InChI=1S/C25H29N7O/c1-33-18-11-9-16(10-12-18)24-23(22-8-4-7-21(19(27)15-26)32(22)31-24)20-13-14-28-25(30-20)29-17-5-2-3-6-17/h4,7-14,17,19H,2-3,5-6,15,26-27H2,1H3,(H,28,29,30). The summed E-state index contributed by atoms with van der Waals surface area (Å²) < 4.78 is 7.23. The van der Waals surface area contributed by atoms with E-state index in [1.54, 1.807) is 13.3 Å². The fourth-order valence-electron chi connectivity index (χ4n) is 4.52. The van der Waals surface area contributed by atoms with Crippen LogP contribution in [-0.4, -0.2) is 39.3 Å². The first kappa shape index (κ1) is 21.4. The van der Waals surface area contributed by atoms with Gasteiger partial charge in [-0.2, -0.15) is 5.10 Å². The largest absolute Gasteiger partial charge is 0.497 e. The molecule has 1 saturated carbocycles. The Morgan fingerprint density at radius 2 is 1.91 bits per heavy atom. The van der Waals surface area contributed by atoms with Crippen molar-refractivity contribution in [1.29, 1.82) is 0 Å². The lowest BCUT2D eigenvalue weighted by Gasteiger charge is -2.13. The maximum Gasteiger partial charge on any atom is 0.223 e. The Balaban J connectivity index is 1.67. The van der Waals surface area contributed by atoms with E-state index >= 15 is 0 Å². The zero-order valence-electron chi connectivity index (χ0n) is 18.7. The minimum atomic E-state index is -0.324. The van der Waals surface area contributed by atoms with E-state index in [4.69, 9.17) is 26.3 Å². The van der Waals surface area contributed by atoms with E-state index in [1.165, 1.54) is 12.8 Å². The second-order valence-corrected chi connectivity index (χ2v) is 8.43. The lowest BCUT2D eigenvalue weighted by Crippen LogP contribution is -2.23. The van der Waals surface area contributed by atoms with Crippen molar-refractivity contribution in [3.8, 4) is 28.3 Å². The molecule has 1 fully saturated rings. The lowest BCUT2D eigenvalue weighted by atomic mass is 10.0. The van der Waals surface area contributed by atoms with E-state index < -0.39 is 0 Å². The lowest BCUT2D eigenvalue weighted by molar-refractivity contribution is 0.415. The smallest absolute Gasteiger partial charge is 0.223 e. The topological polar surface area (TPSA) is 116 Å². The molecule has 8 heteroatoms. The van der Waals surface area contributed by atoms with Crippen molar-refractivity contribution in [2.24, 2.45) is 11.5 Å². The number of nitrogens with two attached hydrogens (primary N) is 2. The highest BCUT2D eigenvalue weighted by Gasteiger charge is 2.22. The Labute approximate surface area is 193 Å². The third-order valence-electron chi connectivity index (χ3n) is 6.28. The van der Waals surface area contributed by atoms with Crippen LogP contribution in [0.1, 0.15) is 37.4 Å². The number of nitrogens with zero attached hydrogens (tertiary/aromatic N) is 4. The summed E-state index contributed by atoms with van der Waals surface area (Å²) >= 11 is 0. The summed E-state index contributed by atoms with van der Waals surface area (Å²) in [5, 5.41) is 8.48. The summed E-state index contributed by atoms with van der Waals surface area (Å²) in [6, 6.07) is 15.9. The van der Waals surface area contributed by atoms with Gasteiger partial charge in [0.05, 0.1) is 35.6 Å². The molecule has 0 radical (unpaired) electrons. The molecule has 33 heavy (non-hydrogen) atoms. The van der Waals surface area contributed by atoms with Gasteiger partial charge >= 0.3 is 0 Å². The zero-order valence-corrected chi connectivity index (χ0v) is 18.7. The van der Waals surface area contributed by atoms with Gasteiger partial charge in [-0.3, -0.25) is 0 Å². The minimum absolute atomic E-state index is 0.324. The van der Waals surface area contributed by atoms with E-state index in [0.29, 0.717) is 18.5 Å². The highest BCUT2D eigenvalue weighted by atomic mass is 16.5. The molecule has 1 unspecified atom stereocenters. The quantitative estimate of drug-likeness (QED) is 0.398. The van der Waals surface area contributed by atoms with Crippen LogP contribution in [0.5, 0.6) is 5.75 Å². The molecule has 1 atom stereocenters. The molecule has 5 N–H and O–H groups in total. The molecule has 0 aliphatic heterocycles. The summed E-state index contributed by atoms with van der Waals surface area (Å²) in [5.74, 6) is 1.44. The predicted octanol–water partition coefficient (Wildman–Crippen LogP) is 3.78. The predicted molar refractivity (Wildman–Crippen MR) is 130 cm³/mol. The van der Waals surface area contributed by atoms with Crippen LogP contribution < -0.4 is 21.5 Å². The van der Waals surface area contributed by atoms with Crippen LogP contribution in [0.3, 0.4) is 0 Å². The normalized spacial score (nSPS) is 15.1. The number of anilines is 1. The first-order chi connectivity index (χ1) is 16.2. The molecule has 1 aromatic carbocycles. The Morgan fingerprint density at radius 1 is 1.12 bits per heavy atom. The van der Waals surface area contributed by atoms with Crippen molar-refractivity contribution >= 4 is 11.5 Å². The Kier molecular flexibility index (Phi) is 5.93. The molecule has 4 aromatic rings. The molecule has 0 spiro atoms. The number of pyridine rings is 1. The van der Waals surface area contributed by atoms with Crippen LogP contribution in [-0.2, 0) is 0 Å². The second-order valence-electron chi connectivity index (χ2n) is 8.43. The number of rotatable bonds is 7. The van der Waals surface area contributed by atoms with Gasteiger partial charge in [0.25, 0.3) is 0 Å². The van der Waals surface area contributed by atoms with Crippen molar-refractivity contribution in [1.82, 2.24) is 19.6 Å². The fourth-order valence-corrected chi connectivity index (χ4v) is 4.52. The molecule has 5 rings (SSSR count). The Hall–Kier alpha value is -3.49. The van der Waals surface area contributed by atoms with Gasteiger partial charge in [-0.15, -0.1) is 0 Å². The Morgan fingerprint density at radius 3 is 2.64 bits per heavy atom. The first-order valence-electron chi connectivity index (χ1n) is 11.4. The van der Waals surface area contributed by atoms with E-state index in [2.05, 4.69) is 10.3 Å². The van der Waals surface area contributed by atoms with E-state index in [1.807, 2.05) is 53.0 Å².